The molecule has 54 heavy (non-hydrogen) atoms. The van der Waals surface area contributed by atoms with Crippen molar-refractivity contribution in [1.29, 1.82) is 0 Å². The smallest absolute Gasteiger partial charge is 0.241 e. The van der Waals surface area contributed by atoms with Crippen LogP contribution in [0.4, 0.5) is 140 Å². The van der Waals surface area contributed by atoms with Gasteiger partial charge in [0, 0.05) is 0 Å². The standard InChI is InChI=1S/C15F32O7/c16-1(17,18)2(19,20)48-3(21,22)4(23,24)49-5(25,26)6(27,28)50-7(29,30)8(31,32)51-9(33,34)10(35,36)52-11(37,38)12(39,40)53-13(41,42)14(43,44)54-15(45,46)47. The molecule has 0 rings (SSSR count). The van der Waals surface area contributed by atoms with E-state index < -0.39 is 92.0 Å². The van der Waals surface area contributed by atoms with E-state index in [-0.39, 0.29) is 0 Å². The molecule has 0 unspecified atom stereocenters. The molecular weight excluding hydrogens is 900 g/mol. The summed E-state index contributed by atoms with van der Waals surface area (Å²) in [6.07, 6.45) is -121. The van der Waals surface area contributed by atoms with Crippen LogP contribution in [-0.4, -0.2) is 92.0 Å². The van der Waals surface area contributed by atoms with E-state index >= 15 is 0 Å². The van der Waals surface area contributed by atoms with Crippen LogP contribution in [0.25, 0.3) is 0 Å². The quantitative estimate of drug-likeness (QED) is 0.120. The van der Waals surface area contributed by atoms with Gasteiger partial charge in [-0.2, -0.15) is 127 Å². The molecule has 326 valence electrons. The van der Waals surface area contributed by atoms with Crippen LogP contribution >= 0.6 is 0 Å². The fourth-order valence-corrected chi connectivity index (χ4v) is 1.88. The molecule has 0 aromatic rings. The SMILES string of the molecule is FC(F)(F)OC(F)(F)C(F)(F)OC(F)(F)C(F)(F)OC(F)(F)C(F)(F)OC(F)(F)C(F)(F)OC(F)(F)C(F)(F)OC(F)(F)C(F)(F)OC(F)(F)C(F)(F)F. The summed E-state index contributed by atoms with van der Waals surface area (Å²) in [5.74, 6) is 0. The van der Waals surface area contributed by atoms with E-state index in [0.29, 0.717) is 0 Å². The maximum absolute atomic E-state index is 13.4. The molecule has 0 fully saturated rings. The zero-order valence-corrected chi connectivity index (χ0v) is 22.5. The van der Waals surface area contributed by atoms with Crippen molar-refractivity contribution in [1.82, 2.24) is 0 Å². The van der Waals surface area contributed by atoms with Crippen molar-refractivity contribution >= 4 is 0 Å². The fraction of sp³-hybridized carbons (Fsp3) is 1.00. The molecule has 0 saturated carbocycles. The van der Waals surface area contributed by atoms with Gasteiger partial charge in [0.1, 0.15) is 0 Å². The molecule has 7 nitrogen and oxygen atoms in total. The van der Waals surface area contributed by atoms with E-state index in [1.807, 2.05) is 0 Å². The van der Waals surface area contributed by atoms with Gasteiger partial charge in [-0.25, -0.2) is 33.2 Å². The molecule has 0 amide bonds. The lowest BCUT2D eigenvalue weighted by molar-refractivity contribution is -0.599. The molecule has 0 aromatic carbocycles. The summed E-state index contributed by atoms with van der Waals surface area (Å²) in [4.78, 5) is 0. The average Bonchev–Trinajstić information content (AvgIpc) is 2.77. The predicted molar refractivity (Wildman–Crippen MR) is 84.0 cm³/mol. The third-order valence-corrected chi connectivity index (χ3v) is 4.15. The van der Waals surface area contributed by atoms with Gasteiger partial charge in [-0.3, -0.25) is 0 Å². The molecule has 0 aliphatic heterocycles. The fourth-order valence-electron chi connectivity index (χ4n) is 1.88. The molecule has 0 atom stereocenters. The third-order valence-electron chi connectivity index (χ3n) is 4.15. The van der Waals surface area contributed by atoms with Crippen LogP contribution in [-0.2, 0) is 33.2 Å². The van der Waals surface area contributed by atoms with E-state index in [2.05, 4.69) is 0 Å². The first-order chi connectivity index (χ1) is 22.7. The van der Waals surface area contributed by atoms with Crippen LogP contribution in [0.3, 0.4) is 0 Å². The van der Waals surface area contributed by atoms with E-state index in [4.69, 9.17) is 0 Å². The van der Waals surface area contributed by atoms with Crippen molar-refractivity contribution in [3.05, 3.63) is 0 Å². The summed E-state index contributed by atoms with van der Waals surface area (Å²) in [5, 5.41) is 0. The number of ether oxygens (including phenoxy) is 7. The van der Waals surface area contributed by atoms with Gasteiger partial charge in [-0.15, -0.1) is 13.2 Å². The molecule has 0 heterocycles. The van der Waals surface area contributed by atoms with Crippen molar-refractivity contribution in [2.24, 2.45) is 0 Å². The molecule has 0 aliphatic rings. The van der Waals surface area contributed by atoms with Gasteiger partial charge in [-0.05, 0) is 0 Å². The highest BCUT2D eigenvalue weighted by Crippen LogP contribution is 2.55. The lowest BCUT2D eigenvalue weighted by Gasteiger charge is -2.37. The highest BCUT2D eigenvalue weighted by molar-refractivity contribution is 4.83. The Morgan fingerprint density at radius 2 is 0.259 bits per heavy atom. The Kier molecular flexibility index (Phi) is 13.2. The molecule has 0 N–H and O–H groups in total. The molecular formula is C15F32O7. The average molecular weight is 900 g/mol. The second-order valence-electron chi connectivity index (χ2n) is 8.38. The Morgan fingerprint density at radius 1 is 0.148 bits per heavy atom. The summed E-state index contributed by atoms with van der Waals surface area (Å²) < 4.78 is 420. The van der Waals surface area contributed by atoms with Crippen molar-refractivity contribution in [2.45, 2.75) is 92.0 Å². The van der Waals surface area contributed by atoms with Crippen LogP contribution in [0.1, 0.15) is 0 Å². The molecule has 0 aliphatic carbocycles. The first kappa shape index (κ1) is 51.5. The highest BCUT2D eigenvalue weighted by Gasteiger charge is 2.81. The highest BCUT2D eigenvalue weighted by atomic mass is 19.4. The Morgan fingerprint density at radius 3 is 0.370 bits per heavy atom. The minimum absolute atomic E-state index is 0.978. The second-order valence-corrected chi connectivity index (χ2v) is 8.38. The number of rotatable bonds is 19. The van der Waals surface area contributed by atoms with Gasteiger partial charge < -0.3 is 0 Å². The molecule has 0 saturated heterocycles. The van der Waals surface area contributed by atoms with Gasteiger partial charge in [-0.1, -0.05) is 0 Å². The van der Waals surface area contributed by atoms with Gasteiger partial charge >= 0.3 is 92.0 Å². The number of alkyl halides is 32. The molecule has 0 radical (unpaired) electrons. The van der Waals surface area contributed by atoms with Crippen molar-refractivity contribution in [3.63, 3.8) is 0 Å². The van der Waals surface area contributed by atoms with Crippen LogP contribution in [0.2, 0.25) is 0 Å². The first-order valence-electron chi connectivity index (χ1n) is 10.7. The Bertz CT molecular complexity index is 1280. The van der Waals surface area contributed by atoms with E-state index in [9.17, 15) is 140 Å². The Balaban J connectivity index is 6.38. The van der Waals surface area contributed by atoms with Crippen molar-refractivity contribution in [3.8, 4) is 0 Å². The summed E-state index contributed by atoms with van der Waals surface area (Å²) in [6.45, 7) is 0. The molecule has 0 aromatic heterocycles. The van der Waals surface area contributed by atoms with Crippen LogP contribution in [0, 0.1) is 0 Å². The second kappa shape index (κ2) is 13.8. The van der Waals surface area contributed by atoms with E-state index in [1.54, 1.807) is 0 Å². The number of hydrogen-bond donors (Lipinski definition) is 0. The maximum atomic E-state index is 13.4. The number of hydrogen-bond acceptors (Lipinski definition) is 7. The van der Waals surface area contributed by atoms with Gasteiger partial charge in [0.05, 0.1) is 0 Å². The molecule has 0 bridgehead atoms. The van der Waals surface area contributed by atoms with Crippen molar-refractivity contribution in [2.75, 3.05) is 0 Å². The zero-order valence-electron chi connectivity index (χ0n) is 22.5. The van der Waals surface area contributed by atoms with E-state index in [0.717, 1.165) is 28.4 Å². The van der Waals surface area contributed by atoms with Crippen LogP contribution in [0.5, 0.6) is 0 Å². The summed E-state index contributed by atoms with van der Waals surface area (Å²) in [7, 11) is 0. The largest absolute Gasteiger partial charge is 0.527 e. The predicted octanol–water partition coefficient (Wildman–Crippen LogP) is 9.89. The zero-order chi connectivity index (χ0) is 44.4. The summed E-state index contributed by atoms with van der Waals surface area (Å²) in [5.41, 5.74) is 0. The minimum Gasteiger partial charge on any atom is -0.241 e. The maximum Gasteiger partial charge on any atom is 0.527 e. The molecule has 39 heteroatoms. The van der Waals surface area contributed by atoms with E-state index in [1.165, 1.54) is 4.74 Å². The van der Waals surface area contributed by atoms with Crippen LogP contribution in [0.15, 0.2) is 0 Å². The summed E-state index contributed by atoms with van der Waals surface area (Å²) in [6, 6.07) is 0. The Hall–Kier alpha value is -2.52. The van der Waals surface area contributed by atoms with Gasteiger partial charge in [0.15, 0.2) is 0 Å². The van der Waals surface area contributed by atoms with Gasteiger partial charge in [0.2, 0.25) is 0 Å². The van der Waals surface area contributed by atoms with Crippen LogP contribution < -0.4 is 0 Å². The Labute approximate surface area is 267 Å². The minimum atomic E-state index is -8.45. The topological polar surface area (TPSA) is 64.6 Å². The lowest BCUT2D eigenvalue weighted by Crippen LogP contribution is -2.62. The summed E-state index contributed by atoms with van der Waals surface area (Å²) >= 11 is 0. The monoisotopic (exact) mass is 900 g/mol. The van der Waals surface area contributed by atoms with Gasteiger partial charge in [0.25, 0.3) is 0 Å². The van der Waals surface area contributed by atoms with Crippen molar-refractivity contribution < 1.29 is 174 Å². The number of halogens is 32. The lowest BCUT2D eigenvalue weighted by atomic mass is 10.4. The third kappa shape index (κ3) is 11.1. The first-order valence-corrected chi connectivity index (χ1v) is 10.7. The molecule has 0 spiro atoms. The normalized spacial score (nSPS) is 16.7.